The number of hydrogen-bond donors (Lipinski definition) is 0. The van der Waals surface area contributed by atoms with Crippen molar-refractivity contribution in [3.63, 3.8) is 0 Å². The van der Waals surface area contributed by atoms with Gasteiger partial charge in [-0.2, -0.15) is 0 Å². The fourth-order valence-electron chi connectivity index (χ4n) is 17.1. The monoisotopic (exact) mass is 1410 g/mol. The van der Waals surface area contributed by atoms with Gasteiger partial charge in [0.15, 0.2) is 0 Å². The van der Waals surface area contributed by atoms with Crippen molar-refractivity contribution in [3.8, 4) is 89.8 Å². The van der Waals surface area contributed by atoms with Crippen LogP contribution in [0.2, 0.25) is 0 Å². The Morgan fingerprint density at radius 1 is 0.202 bits per heavy atom. The Hall–Kier alpha value is -12.2. The van der Waals surface area contributed by atoms with Crippen LogP contribution in [0.4, 0.5) is 34.1 Å². The second-order valence-corrected chi connectivity index (χ2v) is 34.2. The van der Waals surface area contributed by atoms with E-state index in [0.29, 0.717) is 0 Å². The van der Waals surface area contributed by atoms with Gasteiger partial charge in [-0.25, -0.2) is 0 Å². The van der Waals surface area contributed by atoms with E-state index in [1.807, 2.05) is 0 Å². The molecule has 4 heterocycles. The number of aromatic nitrogens is 2. The zero-order valence-corrected chi connectivity index (χ0v) is 64.6. The molecule has 2 aromatic heterocycles. The van der Waals surface area contributed by atoms with E-state index in [-0.39, 0.29) is 28.4 Å². The molecule has 0 atom stereocenters. The van der Waals surface area contributed by atoms with Crippen LogP contribution >= 0.6 is 0 Å². The summed E-state index contributed by atoms with van der Waals surface area (Å²) in [6.45, 7) is 27.8. The normalized spacial score (nSPS) is 12.9. The molecule has 0 spiro atoms. The summed E-state index contributed by atoms with van der Waals surface area (Å²) in [4.78, 5) is 5.23. The van der Waals surface area contributed by atoms with Crippen LogP contribution in [0.15, 0.2) is 334 Å². The van der Waals surface area contributed by atoms with Crippen molar-refractivity contribution in [2.45, 2.75) is 105 Å². The molecule has 0 radical (unpaired) electrons. The molecule has 0 aliphatic carbocycles. The van der Waals surface area contributed by atoms with Gasteiger partial charge in [0.05, 0.1) is 22.8 Å². The fourth-order valence-corrected chi connectivity index (χ4v) is 17.1. The summed E-state index contributed by atoms with van der Waals surface area (Å²) in [5, 5.41) is 4.80. The lowest BCUT2D eigenvalue weighted by molar-refractivity contribution is 0.568. The quantitative estimate of drug-likeness (QED) is 0.120. The SMILES string of the molecule is CC(C)(C)c1cc(-c2ccc(N3c4cc(-n5c(-c6ccccc6)c6ccccc6c5-c5ccccc5)ccc4B4c5ccc(-n6c(-c7ccccc7)c7ccccc7c6-c6ccccc6)cc5N(c5ccc(-c6cc(C(C)(C)C)cc(C(C)(C)C)c6)cc5)c5cc(-c6ccccc6)cc3c54)cc2)cc(C(C)(C)C)c1. The van der Waals surface area contributed by atoms with Gasteiger partial charge in [-0.1, -0.05) is 356 Å². The Morgan fingerprint density at radius 2 is 0.450 bits per heavy atom. The van der Waals surface area contributed by atoms with E-state index in [4.69, 9.17) is 0 Å². The summed E-state index contributed by atoms with van der Waals surface area (Å²) >= 11 is 0. The summed E-state index contributed by atoms with van der Waals surface area (Å²) in [5.74, 6) is 0. The third-order valence-electron chi connectivity index (χ3n) is 22.9. The molecule has 530 valence electrons. The van der Waals surface area contributed by atoms with Crippen LogP contribution in [-0.2, 0) is 21.7 Å². The topological polar surface area (TPSA) is 16.3 Å². The molecule has 0 N–H and O–H groups in total. The summed E-state index contributed by atoms with van der Waals surface area (Å²) < 4.78 is 5.11. The van der Waals surface area contributed by atoms with Gasteiger partial charge >= 0.3 is 0 Å². The third kappa shape index (κ3) is 12.1. The van der Waals surface area contributed by atoms with Crippen molar-refractivity contribution >= 4 is 78.8 Å². The summed E-state index contributed by atoms with van der Waals surface area (Å²) in [5.41, 5.74) is 33.9. The lowest BCUT2D eigenvalue weighted by atomic mass is 9.33. The highest BCUT2D eigenvalue weighted by Crippen LogP contribution is 2.51. The van der Waals surface area contributed by atoms with Crippen LogP contribution in [0.1, 0.15) is 105 Å². The lowest BCUT2D eigenvalue weighted by Crippen LogP contribution is -2.61. The average Bonchev–Trinajstić information content (AvgIpc) is 0.795. The van der Waals surface area contributed by atoms with E-state index in [1.165, 1.54) is 82.4 Å². The van der Waals surface area contributed by atoms with Crippen molar-refractivity contribution in [1.29, 1.82) is 0 Å². The number of anilines is 6. The van der Waals surface area contributed by atoms with Gasteiger partial charge in [0, 0.05) is 67.0 Å². The highest BCUT2D eigenvalue weighted by molar-refractivity contribution is 7.00. The molecule has 14 aromatic carbocycles. The van der Waals surface area contributed by atoms with Gasteiger partial charge in [0.25, 0.3) is 6.71 Å². The minimum atomic E-state index is -0.224. The van der Waals surface area contributed by atoms with Crippen molar-refractivity contribution in [2.24, 2.45) is 0 Å². The standard InChI is InChI=1S/C104H91BN4/c1-101(2,3)78-58-75(59-79(64-78)102(4,5)6)69-46-50-82(51-47-69)106-92-66-84(108-97(71-34-20-14-21-35-71)86-42-28-29-43-87(86)98(108)72-36-22-15-23-37-72)54-56-90(92)105-91-57-55-85(109-99(73-38-24-16-25-39-73)88-44-30-31-45-89(88)100(109)74-40-26-17-27-41-74)67-93(91)107(95-63-77(62-94(106)96(95)105)68-32-18-13-19-33-68)83-52-48-70(49-53-83)76-60-80(103(7,8)9)65-81(61-76)104(10,11)12/h13-67H,1-12H3. The molecule has 16 aromatic rings. The van der Waals surface area contributed by atoms with Crippen LogP contribution in [-0.4, -0.2) is 15.8 Å². The van der Waals surface area contributed by atoms with Gasteiger partial charge in [0.2, 0.25) is 0 Å². The molecule has 5 heteroatoms. The third-order valence-corrected chi connectivity index (χ3v) is 22.9. The number of benzene rings is 14. The van der Waals surface area contributed by atoms with E-state index in [1.54, 1.807) is 0 Å². The largest absolute Gasteiger partial charge is 0.311 e. The van der Waals surface area contributed by atoms with E-state index in [2.05, 4.69) is 436 Å². The number of nitrogens with zero attached hydrogens (tertiary/aromatic N) is 4. The van der Waals surface area contributed by atoms with Crippen molar-refractivity contribution < 1.29 is 0 Å². The highest BCUT2D eigenvalue weighted by atomic mass is 15.2. The lowest BCUT2D eigenvalue weighted by Gasteiger charge is -2.45. The maximum absolute atomic E-state index is 2.61. The molecule has 0 amide bonds. The molecule has 4 nitrogen and oxygen atoms in total. The van der Waals surface area contributed by atoms with Gasteiger partial charge in [-0.15, -0.1) is 0 Å². The van der Waals surface area contributed by atoms with Crippen molar-refractivity contribution in [1.82, 2.24) is 9.13 Å². The predicted octanol–water partition coefficient (Wildman–Crippen LogP) is 26.5. The Balaban J connectivity index is 0.944. The Morgan fingerprint density at radius 3 is 0.734 bits per heavy atom. The number of rotatable bonds is 11. The van der Waals surface area contributed by atoms with Gasteiger partial charge < -0.3 is 18.9 Å². The van der Waals surface area contributed by atoms with E-state index in [9.17, 15) is 0 Å². The zero-order chi connectivity index (χ0) is 74.8. The zero-order valence-electron chi connectivity index (χ0n) is 64.6. The van der Waals surface area contributed by atoms with E-state index < -0.39 is 0 Å². The number of hydrogen-bond acceptors (Lipinski definition) is 2. The van der Waals surface area contributed by atoms with Gasteiger partial charge in [-0.05, 0) is 177 Å². The Kier molecular flexibility index (Phi) is 16.6. The van der Waals surface area contributed by atoms with E-state index in [0.717, 1.165) is 102 Å². The van der Waals surface area contributed by atoms with Gasteiger partial charge in [-0.3, -0.25) is 0 Å². The average molecular weight is 1410 g/mol. The van der Waals surface area contributed by atoms with Crippen LogP contribution in [0.5, 0.6) is 0 Å². The molecule has 2 aliphatic rings. The Labute approximate surface area is 644 Å². The molecular formula is C104H91BN4. The van der Waals surface area contributed by atoms with Crippen LogP contribution in [0.25, 0.3) is 111 Å². The first kappa shape index (κ1) is 68.6. The fraction of sp³-hybridized carbons (Fsp3) is 0.154. The molecule has 0 fully saturated rings. The second kappa shape index (κ2) is 26.4. The predicted molar refractivity (Wildman–Crippen MR) is 467 cm³/mol. The first-order valence-corrected chi connectivity index (χ1v) is 38.7. The summed E-state index contributed by atoms with van der Waals surface area (Å²) in [7, 11) is 0. The molecule has 109 heavy (non-hydrogen) atoms. The molecule has 2 aliphatic heterocycles. The first-order valence-electron chi connectivity index (χ1n) is 38.7. The van der Waals surface area contributed by atoms with E-state index >= 15 is 0 Å². The highest BCUT2D eigenvalue weighted by Gasteiger charge is 2.45. The maximum Gasteiger partial charge on any atom is 0.252 e. The van der Waals surface area contributed by atoms with Gasteiger partial charge in [0.1, 0.15) is 0 Å². The van der Waals surface area contributed by atoms with Crippen molar-refractivity contribution in [2.75, 3.05) is 9.80 Å². The molecule has 0 unspecified atom stereocenters. The minimum Gasteiger partial charge on any atom is -0.311 e. The maximum atomic E-state index is 2.61. The smallest absolute Gasteiger partial charge is 0.252 e. The van der Waals surface area contributed by atoms with Crippen LogP contribution in [0.3, 0.4) is 0 Å². The molecule has 0 saturated carbocycles. The van der Waals surface area contributed by atoms with Crippen LogP contribution < -0.4 is 26.2 Å². The molecular weight excluding hydrogens is 1320 g/mol. The number of fused-ring (bicyclic) bond motifs is 6. The van der Waals surface area contributed by atoms with Crippen molar-refractivity contribution in [3.05, 3.63) is 356 Å². The van der Waals surface area contributed by atoms with Crippen LogP contribution in [0, 0.1) is 0 Å². The summed E-state index contributed by atoms with van der Waals surface area (Å²) in [6.07, 6.45) is 0. The molecule has 0 saturated heterocycles. The molecule has 18 rings (SSSR count). The second-order valence-electron chi connectivity index (χ2n) is 34.2. The minimum absolute atomic E-state index is 0.0473. The summed E-state index contributed by atoms with van der Waals surface area (Å²) in [6, 6.07) is 126. The Bertz CT molecular complexity index is 5580. The first-order chi connectivity index (χ1) is 52.6. The molecule has 0 bridgehead atoms.